The van der Waals surface area contributed by atoms with Crippen LogP contribution in [0.1, 0.15) is 43.3 Å². The maximum absolute atomic E-state index is 12.6. The molecule has 2 N–H and O–H groups in total. The molecule has 0 aliphatic carbocycles. The van der Waals surface area contributed by atoms with Crippen molar-refractivity contribution < 1.29 is 4.79 Å². The van der Waals surface area contributed by atoms with Gasteiger partial charge in [0, 0.05) is 26.2 Å². The van der Waals surface area contributed by atoms with E-state index in [-0.39, 0.29) is 5.91 Å². The maximum Gasteiger partial charge on any atom is 0.267 e. The lowest BCUT2D eigenvalue weighted by molar-refractivity contribution is 0.0751. The highest BCUT2D eigenvalue weighted by Gasteiger charge is 2.24. The van der Waals surface area contributed by atoms with E-state index in [0.29, 0.717) is 23.2 Å². The molecule has 1 aromatic heterocycles. The van der Waals surface area contributed by atoms with E-state index in [2.05, 4.69) is 23.7 Å². The molecule has 6 heteroatoms. The van der Waals surface area contributed by atoms with Crippen molar-refractivity contribution in [3.05, 3.63) is 4.88 Å². The van der Waals surface area contributed by atoms with E-state index in [0.717, 1.165) is 24.8 Å². The highest BCUT2D eigenvalue weighted by molar-refractivity contribution is 7.18. The molecule has 112 valence electrons. The van der Waals surface area contributed by atoms with Gasteiger partial charge in [-0.25, -0.2) is 4.98 Å². The number of rotatable bonds is 5. The molecule has 2 heterocycles. The molecule has 1 aliphatic heterocycles. The Balaban J connectivity index is 2.16. The first-order valence-corrected chi connectivity index (χ1v) is 8.15. The summed E-state index contributed by atoms with van der Waals surface area (Å²) in [5.41, 5.74) is 5.96. The Morgan fingerprint density at radius 1 is 1.45 bits per heavy atom. The fraction of sp³-hybridized carbons (Fsp3) is 0.714. The normalized spacial score (nSPS) is 15.1. The Morgan fingerprint density at radius 2 is 2.10 bits per heavy atom. The Bertz CT molecular complexity index is 466. The summed E-state index contributed by atoms with van der Waals surface area (Å²) in [5, 5.41) is 0.893. The standard InChI is InChI=1S/C14H24N4OS/c1-4-17(9-10(2)3)13(19)11-12(15)16-14(20-11)18-7-5-6-8-18/h10H,4-9,15H2,1-3H3. The molecule has 20 heavy (non-hydrogen) atoms. The number of nitrogen functional groups attached to an aromatic ring is 1. The molecule has 1 fully saturated rings. The first-order valence-electron chi connectivity index (χ1n) is 7.33. The van der Waals surface area contributed by atoms with E-state index in [1.807, 2.05) is 11.8 Å². The molecule has 2 rings (SSSR count). The molecule has 0 bridgehead atoms. The number of hydrogen-bond acceptors (Lipinski definition) is 5. The first-order chi connectivity index (χ1) is 9.52. The van der Waals surface area contributed by atoms with Crippen molar-refractivity contribution >= 4 is 28.2 Å². The Morgan fingerprint density at radius 3 is 2.65 bits per heavy atom. The van der Waals surface area contributed by atoms with Gasteiger partial charge in [0.25, 0.3) is 5.91 Å². The number of aromatic nitrogens is 1. The number of carbonyl (C=O) groups is 1. The highest BCUT2D eigenvalue weighted by atomic mass is 32.1. The predicted molar refractivity (Wildman–Crippen MR) is 84.4 cm³/mol. The van der Waals surface area contributed by atoms with Gasteiger partial charge >= 0.3 is 0 Å². The van der Waals surface area contributed by atoms with Gasteiger partial charge in [0.05, 0.1) is 0 Å². The third-order valence-electron chi connectivity index (χ3n) is 3.47. The average molecular weight is 296 g/mol. The Hall–Kier alpha value is -1.30. The van der Waals surface area contributed by atoms with Gasteiger partial charge in [-0.15, -0.1) is 0 Å². The van der Waals surface area contributed by atoms with Crippen molar-refractivity contribution in [1.82, 2.24) is 9.88 Å². The molecule has 0 radical (unpaired) electrons. The Kier molecular flexibility index (Phi) is 4.86. The van der Waals surface area contributed by atoms with E-state index in [4.69, 9.17) is 5.73 Å². The summed E-state index contributed by atoms with van der Waals surface area (Å²) in [4.78, 5) is 21.6. The number of thiazole rings is 1. The van der Waals surface area contributed by atoms with Crippen LogP contribution >= 0.6 is 11.3 Å². The van der Waals surface area contributed by atoms with Crippen LogP contribution in [0.3, 0.4) is 0 Å². The van der Waals surface area contributed by atoms with Gasteiger partial charge in [-0.3, -0.25) is 4.79 Å². The minimum absolute atomic E-state index is 0.0154. The zero-order valence-electron chi connectivity index (χ0n) is 12.6. The van der Waals surface area contributed by atoms with Gasteiger partial charge in [0.2, 0.25) is 0 Å². The molecular formula is C14H24N4OS. The van der Waals surface area contributed by atoms with Gasteiger partial charge < -0.3 is 15.5 Å². The zero-order chi connectivity index (χ0) is 14.7. The number of amides is 1. The lowest BCUT2D eigenvalue weighted by atomic mass is 10.2. The number of nitrogens with zero attached hydrogens (tertiary/aromatic N) is 3. The topological polar surface area (TPSA) is 62.5 Å². The van der Waals surface area contributed by atoms with Gasteiger partial charge in [0.1, 0.15) is 10.7 Å². The summed E-state index contributed by atoms with van der Waals surface area (Å²) in [6, 6.07) is 0. The van der Waals surface area contributed by atoms with E-state index >= 15 is 0 Å². The predicted octanol–water partition coefficient (Wildman–Crippen LogP) is 2.44. The lowest BCUT2D eigenvalue weighted by Gasteiger charge is -2.22. The van der Waals surface area contributed by atoms with Crippen LogP contribution in [0.5, 0.6) is 0 Å². The van der Waals surface area contributed by atoms with Crippen LogP contribution in [0.25, 0.3) is 0 Å². The Labute approximate surface area is 124 Å². The average Bonchev–Trinajstić information content (AvgIpc) is 3.03. The number of carbonyl (C=O) groups excluding carboxylic acids is 1. The third-order valence-corrected chi connectivity index (χ3v) is 4.59. The summed E-state index contributed by atoms with van der Waals surface area (Å²) in [6.07, 6.45) is 2.38. The molecule has 0 atom stereocenters. The maximum atomic E-state index is 12.6. The summed E-state index contributed by atoms with van der Waals surface area (Å²) in [5.74, 6) is 0.844. The van der Waals surface area contributed by atoms with Crippen molar-refractivity contribution in [1.29, 1.82) is 0 Å². The summed E-state index contributed by atoms with van der Waals surface area (Å²) >= 11 is 1.43. The minimum Gasteiger partial charge on any atom is -0.382 e. The van der Waals surface area contributed by atoms with E-state index in [9.17, 15) is 4.79 Å². The monoisotopic (exact) mass is 296 g/mol. The third kappa shape index (κ3) is 3.23. The number of anilines is 2. The SMILES string of the molecule is CCN(CC(C)C)C(=O)c1sc(N2CCCC2)nc1N. The molecule has 0 saturated carbocycles. The van der Waals surface area contributed by atoms with Crippen LogP contribution in [-0.4, -0.2) is 42.0 Å². The lowest BCUT2D eigenvalue weighted by Crippen LogP contribution is -2.33. The van der Waals surface area contributed by atoms with Crippen molar-refractivity contribution in [2.75, 3.05) is 36.8 Å². The fourth-order valence-electron chi connectivity index (χ4n) is 2.46. The highest BCUT2D eigenvalue weighted by Crippen LogP contribution is 2.31. The van der Waals surface area contributed by atoms with Crippen LogP contribution in [0.15, 0.2) is 0 Å². The van der Waals surface area contributed by atoms with Gasteiger partial charge in [-0.2, -0.15) is 0 Å². The van der Waals surface area contributed by atoms with Crippen molar-refractivity contribution in [3.8, 4) is 0 Å². The van der Waals surface area contributed by atoms with E-state index in [1.165, 1.54) is 24.2 Å². The van der Waals surface area contributed by atoms with E-state index in [1.54, 1.807) is 0 Å². The molecule has 1 amide bonds. The van der Waals surface area contributed by atoms with Crippen molar-refractivity contribution in [2.45, 2.75) is 33.6 Å². The number of nitrogens with two attached hydrogens (primary N) is 1. The minimum atomic E-state index is 0.0154. The largest absolute Gasteiger partial charge is 0.382 e. The molecule has 1 saturated heterocycles. The first kappa shape index (κ1) is 15.1. The molecule has 1 aliphatic rings. The van der Waals surface area contributed by atoms with Crippen LogP contribution in [0.2, 0.25) is 0 Å². The molecule has 5 nitrogen and oxygen atoms in total. The van der Waals surface area contributed by atoms with Crippen molar-refractivity contribution in [2.24, 2.45) is 5.92 Å². The van der Waals surface area contributed by atoms with Gasteiger partial charge in [-0.1, -0.05) is 25.2 Å². The van der Waals surface area contributed by atoms with Gasteiger partial charge in [0.15, 0.2) is 5.13 Å². The van der Waals surface area contributed by atoms with E-state index < -0.39 is 0 Å². The fourth-order valence-corrected chi connectivity index (χ4v) is 3.46. The van der Waals surface area contributed by atoms with Crippen LogP contribution in [-0.2, 0) is 0 Å². The smallest absolute Gasteiger partial charge is 0.267 e. The molecular weight excluding hydrogens is 272 g/mol. The van der Waals surface area contributed by atoms with Crippen molar-refractivity contribution in [3.63, 3.8) is 0 Å². The summed E-state index contributed by atoms with van der Waals surface area (Å²) < 4.78 is 0. The molecule has 0 spiro atoms. The van der Waals surface area contributed by atoms with Crippen LogP contribution < -0.4 is 10.6 Å². The van der Waals surface area contributed by atoms with Gasteiger partial charge in [-0.05, 0) is 25.7 Å². The molecule has 1 aromatic rings. The summed E-state index contributed by atoms with van der Waals surface area (Å²) in [6.45, 7) is 9.72. The van der Waals surface area contributed by atoms with Crippen LogP contribution in [0, 0.1) is 5.92 Å². The second-order valence-corrected chi connectivity index (χ2v) is 6.62. The second kappa shape index (κ2) is 6.43. The van der Waals surface area contributed by atoms with Crippen LogP contribution in [0.4, 0.5) is 10.9 Å². The second-order valence-electron chi connectivity index (χ2n) is 5.64. The zero-order valence-corrected chi connectivity index (χ0v) is 13.4. The molecule has 0 aromatic carbocycles. The summed E-state index contributed by atoms with van der Waals surface area (Å²) in [7, 11) is 0. The number of hydrogen-bond donors (Lipinski definition) is 1. The quantitative estimate of drug-likeness (QED) is 0.906. The molecule has 0 unspecified atom stereocenters.